The van der Waals surface area contributed by atoms with E-state index in [0.29, 0.717) is 0 Å². The van der Waals surface area contributed by atoms with Gasteiger partial charge in [-0.15, -0.1) is 0 Å². The second kappa shape index (κ2) is 19.5. The highest BCUT2D eigenvalue weighted by Gasteiger charge is 2.20. The predicted octanol–water partition coefficient (Wildman–Crippen LogP) is 22.6. The molecule has 0 unspecified atom stereocenters. The largest absolute Gasteiger partial charge is 0.455 e. The first-order valence-electron chi connectivity index (χ1n) is 28.0. The van der Waals surface area contributed by atoms with Crippen LogP contribution in [-0.2, 0) is 0 Å². The number of rotatable bonds is 10. The molecule has 384 valence electrons. The molecule has 2 aromatic heterocycles. The zero-order valence-corrected chi connectivity index (χ0v) is 44.6. The summed E-state index contributed by atoms with van der Waals surface area (Å²) < 4.78 is 12.9. The molecule has 4 heteroatoms. The highest BCUT2D eigenvalue weighted by atomic mass is 16.3. The number of fused-ring (bicyclic) bond motifs is 9. The molecular formula is C78H50N2O2. The standard InChI is InChI=1S/C78H50N2O2/c1-3-15-58-49-64(47-29-51(58)13-1)79(62-43-35-55(36-44-62)68-23-11-25-72-70-19-5-7-27-74(70)81-77(68)72)60-39-31-53(32-40-60)66-21-9-17-57-18-10-22-67(76(57)66)54-33-41-61(42-34-54)80(65-48-30-52-14-2-4-16-59(52)50-65)63-45-37-56(38-46-63)69-24-12-26-73-71-20-6-8-28-75(71)82-78(69)73/h1-50H. The zero-order chi connectivity index (χ0) is 54.1. The summed E-state index contributed by atoms with van der Waals surface area (Å²) in [5, 5.41) is 11.7. The van der Waals surface area contributed by atoms with Crippen LogP contribution < -0.4 is 9.80 Å². The Balaban J connectivity index is 0.750. The lowest BCUT2D eigenvalue weighted by Gasteiger charge is -2.26. The van der Waals surface area contributed by atoms with E-state index in [0.717, 1.165) is 111 Å². The van der Waals surface area contributed by atoms with E-state index in [9.17, 15) is 0 Å². The van der Waals surface area contributed by atoms with Gasteiger partial charge in [0, 0.05) is 66.8 Å². The summed E-state index contributed by atoms with van der Waals surface area (Å²) in [6, 6.07) is 109. The van der Waals surface area contributed by atoms with Crippen molar-refractivity contribution >= 4 is 110 Å². The van der Waals surface area contributed by atoms with Crippen LogP contribution >= 0.6 is 0 Å². The number of furan rings is 2. The molecule has 0 spiro atoms. The summed E-state index contributed by atoms with van der Waals surface area (Å²) in [6.07, 6.45) is 0. The van der Waals surface area contributed by atoms with E-state index in [-0.39, 0.29) is 0 Å². The fraction of sp³-hybridized carbons (Fsp3) is 0. The highest BCUT2D eigenvalue weighted by Crippen LogP contribution is 2.45. The van der Waals surface area contributed by atoms with Crippen molar-refractivity contribution in [3.8, 4) is 44.5 Å². The Morgan fingerprint density at radius 3 is 0.927 bits per heavy atom. The Hall–Kier alpha value is -10.9. The fourth-order valence-corrected chi connectivity index (χ4v) is 12.5. The van der Waals surface area contributed by atoms with Gasteiger partial charge >= 0.3 is 0 Å². The van der Waals surface area contributed by atoms with E-state index in [1.807, 2.05) is 24.3 Å². The molecule has 0 fully saturated rings. The van der Waals surface area contributed by atoms with Gasteiger partial charge in [0.25, 0.3) is 0 Å². The van der Waals surface area contributed by atoms with Gasteiger partial charge in [-0.1, -0.05) is 218 Å². The van der Waals surface area contributed by atoms with Crippen LogP contribution in [0.2, 0.25) is 0 Å². The number of hydrogen-bond acceptors (Lipinski definition) is 4. The van der Waals surface area contributed by atoms with Gasteiger partial charge in [-0.25, -0.2) is 0 Å². The summed E-state index contributed by atoms with van der Waals surface area (Å²) in [5.41, 5.74) is 19.0. The average Bonchev–Trinajstić information content (AvgIpc) is 4.29. The maximum absolute atomic E-state index is 6.47. The van der Waals surface area contributed by atoms with Gasteiger partial charge in [0.2, 0.25) is 0 Å². The van der Waals surface area contributed by atoms with Gasteiger partial charge in [-0.2, -0.15) is 0 Å². The Morgan fingerprint density at radius 2 is 0.512 bits per heavy atom. The Morgan fingerprint density at radius 1 is 0.207 bits per heavy atom. The van der Waals surface area contributed by atoms with Gasteiger partial charge in [-0.3, -0.25) is 0 Å². The minimum atomic E-state index is 0.898. The normalized spacial score (nSPS) is 11.7. The molecule has 0 saturated carbocycles. The van der Waals surface area contributed by atoms with Gasteiger partial charge in [0.1, 0.15) is 22.3 Å². The Labute approximate surface area is 474 Å². The molecule has 4 nitrogen and oxygen atoms in total. The molecule has 16 rings (SSSR count). The van der Waals surface area contributed by atoms with Crippen LogP contribution in [0.4, 0.5) is 34.1 Å². The molecule has 0 bridgehead atoms. The molecule has 82 heavy (non-hydrogen) atoms. The maximum Gasteiger partial charge on any atom is 0.143 e. The topological polar surface area (TPSA) is 32.8 Å². The third kappa shape index (κ3) is 8.07. The minimum Gasteiger partial charge on any atom is -0.455 e. The van der Waals surface area contributed by atoms with E-state index in [4.69, 9.17) is 8.83 Å². The van der Waals surface area contributed by atoms with E-state index in [1.54, 1.807) is 0 Å². The number of benzene rings is 14. The van der Waals surface area contributed by atoms with E-state index < -0.39 is 0 Å². The van der Waals surface area contributed by atoms with Crippen molar-refractivity contribution in [1.29, 1.82) is 0 Å². The second-order valence-corrected chi connectivity index (χ2v) is 21.2. The molecule has 0 amide bonds. The Kier molecular flexibility index (Phi) is 11.2. The fourth-order valence-electron chi connectivity index (χ4n) is 12.5. The van der Waals surface area contributed by atoms with Crippen molar-refractivity contribution < 1.29 is 8.83 Å². The summed E-state index contributed by atoms with van der Waals surface area (Å²) in [5.74, 6) is 0. The lowest BCUT2D eigenvalue weighted by molar-refractivity contribution is 0.669. The summed E-state index contributed by atoms with van der Waals surface area (Å²) in [7, 11) is 0. The highest BCUT2D eigenvalue weighted by molar-refractivity contribution is 6.11. The van der Waals surface area contributed by atoms with Gasteiger partial charge in [0.05, 0.1) is 0 Å². The smallest absolute Gasteiger partial charge is 0.143 e. The molecule has 0 aliphatic heterocycles. The third-order valence-corrected chi connectivity index (χ3v) is 16.4. The molecule has 14 aromatic carbocycles. The lowest BCUT2D eigenvalue weighted by Crippen LogP contribution is -2.10. The molecule has 0 radical (unpaired) electrons. The first-order valence-corrected chi connectivity index (χ1v) is 28.0. The summed E-state index contributed by atoms with van der Waals surface area (Å²) in [4.78, 5) is 4.71. The first-order chi connectivity index (χ1) is 40.6. The van der Waals surface area contributed by atoms with Gasteiger partial charge in [0.15, 0.2) is 0 Å². The molecule has 0 atom stereocenters. The monoisotopic (exact) mass is 1050 g/mol. The van der Waals surface area contributed by atoms with E-state index in [2.05, 4.69) is 289 Å². The van der Waals surface area contributed by atoms with Crippen molar-refractivity contribution in [3.05, 3.63) is 303 Å². The van der Waals surface area contributed by atoms with Gasteiger partial charge < -0.3 is 18.6 Å². The van der Waals surface area contributed by atoms with E-state index >= 15 is 0 Å². The van der Waals surface area contributed by atoms with Crippen molar-refractivity contribution in [2.75, 3.05) is 9.80 Å². The maximum atomic E-state index is 6.47. The van der Waals surface area contributed by atoms with Crippen LogP contribution in [0, 0.1) is 0 Å². The molecular weight excluding hydrogens is 997 g/mol. The zero-order valence-electron chi connectivity index (χ0n) is 44.6. The molecule has 2 heterocycles. The quantitative estimate of drug-likeness (QED) is 0.137. The van der Waals surface area contributed by atoms with Gasteiger partial charge in [-0.05, 0) is 151 Å². The number of para-hydroxylation sites is 4. The SMILES string of the molecule is c1ccc2cc(N(c3ccc(-c4cccc5c4oc4ccccc45)cc3)c3ccc(-c4cccc5cccc(-c6ccc(N(c7ccc(-c8cccc9c8oc8ccccc89)cc7)c7ccc8ccccc8c7)cc6)c45)cc3)ccc2c1. The van der Waals surface area contributed by atoms with Crippen LogP contribution in [0.1, 0.15) is 0 Å². The number of nitrogens with zero attached hydrogens (tertiary/aromatic N) is 2. The first kappa shape index (κ1) is 47.1. The van der Waals surface area contributed by atoms with Crippen molar-refractivity contribution in [2.45, 2.75) is 0 Å². The molecule has 16 aromatic rings. The van der Waals surface area contributed by atoms with Crippen molar-refractivity contribution in [3.63, 3.8) is 0 Å². The summed E-state index contributed by atoms with van der Waals surface area (Å²) in [6.45, 7) is 0. The number of anilines is 6. The van der Waals surface area contributed by atoms with Crippen LogP contribution in [0.3, 0.4) is 0 Å². The van der Waals surface area contributed by atoms with Crippen molar-refractivity contribution in [1.82, 2.24) is 0 Å². The average molecular weight is 1050 g/mol. The van der Waals surface area contributed by atoms with E-state index in [1.165, 1.54) is 43.4 Å². The Bertz CT molecular complexity index is 4770. The third-order valence-electron chi connectivity index (χ3n) is 16.4. The van der Waals surface area contributed by atoms with Crippen LogP contribution in [-0.4, -0.2) is 0 Å². The van der Waals surface area contributed by atoms with Crippen LogP contribution in [0.25, 0.3) is 121 Å². The van der Waals surface area contributed by atoms with Crippen molar-refractivity contribution in [2.24, 2.45) is 0 Å². The molecule has 0 aliphatic rings. The molecule has 0 aliphatic carbocycles. The molecule has 0 saturated heterocycles. The van der Waals surface area contributed by atoms with Crippen LogP contribution in [0.5, 0.6) is 0 Å². The minimum absolute atomic E-state index is 0.898. The lowest BCUT2D eigenvalue weighted by atomic mass is 9.91. The predicted molar refractivity (Wildman–Crippen MR) is 345 cm³/mol. The van der Waals surface area contributed by atoms with Crippen LogP contribution in [0.15, 0.2) is 312 Å². The molecule has 0 N–H and O–H groups in total. The second-order valence-electron chi connectivity index (χ2n) is 21.2. The number of hydrogen-bond donors (Lipinski definition) is 0. The summed E-state index contributed by atoms with van der Waals surface area (Å²) >= 11 is 0.